The Hall–Kier alpha value is -7.17. The maximum Gasteiger partial charge on any atom is 0.138 e. The maximum atomic E-state index is 4.31. The Kier molecular flexibility index (Phi) is 21.1. The third-order valence-corrected chi connectivity index (χ3v) is 5.51. The zero-order chi connectivity index (χ0) is 38.4. The first-order valence-electron chi connectivity index (χ1n) is 15.9. The number of fused-ring (bicyclic) bond motifs is 1. The largest absolute Gasteiger partial charge is 0.261 e. The molecule has 0 radical (unpaired) electrons. The number of hydrogen-bond donors (Lipinski definition) is 0. The van der Waals surface area contributed by atoms with Crippen molar-refractivity contribution in [1.82, 2.24) is 85.6 Å². The Balaban J connectivity index is 0.000000216. The molecule has 17 heteroatoms. The van der Waals surface area contributed by atoms with E-state index in [9.17, 15) is 0 Å². The molecule has 1 aromatic carbocycles. The maximum absolute atomic E-state index is 4.31. The molecular formula is C36H41N17. The Morgan fingerprint density at radius 1 is 0.321 bits per heavy atom. The van der Waals surface area contributed by atoms with Crippen molar-refractivity contribution in [3.63, 3.8) is 0 Å². The highest BCUT2D eigenvalue weighted by Crippen LogP contribution is 2.07. The summed E-state index contributed by atoms with van der Waals surface area (Å²) in [6, 6.07) is 13.5. The number of para-hydroxylation sites is 2. The van der Waals surface area contributed by atoms with Crippen LogP contribution >= 0.6 is 0 Å². The summed E-state index contributed by atoms with van der Waals surface area (Å²) in [6.07, 6.45) is 20.9. The van der Waals surface area contributed by atoms with E-state index in [2.05, 4.69) is 85.6 Å². The molecule has 17 nitrogen and oxygen atoms in total. The molecule has 7 aromatic heterocycles. The van der Waals surface area contributed by atoms with E-state index in [0.717, 1.165) is 50.9 Å². The summed E-state index contributed by atoms with van der Waals surface area (Å²) in [6.45, 7) is 13.3. The quantitative estimate of drug-likeness (QED) is 0.205. The highest BCUT2D eigenvalue weighted by Gasteiger charge is 1.92. The lowest BCUT2D eigenvalue weighted by molar-refractivity contribution is 0.925. The van der Waals surface area contributed by atoms with Crippen LogP contribution in [0.4, 0.5) is 0 Å². The molecule has 270 valence electrons. The summed E-state index contributed by atoms with van der Waals surface area (Å²) in [5.41, 5.74) is 8.41. The molecule has 0 unspecified atom stereocenters. The van der Waals surface area contributed by atoms with Gasteiger partial charge in [0, 0.05) is 42.9 Å². The second-order valence-corrected chi connectivity index (χ2v) is 10.3. The van der Waals surface area contributed by atoms with Gasteiger partial charge in [0.15, 0.2) is 0 Å². The van der Waals surface area contributed by atoms with Crippen LogP contribution in [0.15, 0.2) is 124 Å². The smallest absolute Gasteiger partial charge is 0.138 e. The number of aryl methyl sites for hydroxylation is 7. The first-order chi connectivity index (χ1) is 25.7. The average molecular weight is 712 g/mol. The molecule has 0 N–H and O–H groups in total. The molecule has 8 rings (SSSR count). The number of hydrogen-bond acceptors (Lipinski definition) is 17. The standard InChI is InChI=1S/C9H8N2.3C5H6N2.3C4H5N3/c1-7-6-10-8-4-2-3-5-9(8)11-7;1-5-4-6-2-3-7-5;1-5-2-3-6-4-7-5;1-5-3-2-4-6-7-5;1-4-2-6-7-3-5-4;2*1-4-2-5-3-6-7-4/h2-6H,1H3;3*2-4H,1H3;3*2-3H,1H3. The van der Waals surface area contributed by atoms with Crippen molar-refractivity contribution in [3.05, 3.63) is 163 Å². The molecule has 0 bridgehead atoms. The van der Waals surface area contributed by atoms with Gasteiger partial charge in [-0.05, 0) is 78.8 Å². The fourth-order valence-corrected chi connectivity index (χ4v) is 3.08. The minimum absolute atomic E-state index is 0.850. The Morgan fingerprint density at radius 3 is 1.32 bits per heavy atom. The van der Waals surface area contributed by atoms with Crippen LogP contribution in [-0.2, 0) is 0 Å². The zero-order valence-corrected chi connectivity index (χ0v) is 30.6. The van der Waals surface area contributed by atoms with Crippen molar-refractivity contribution in [2.45, 2.75) is 48.5 Å². The summed E-state index contributed by atoms with van der Waals surface area (Å²) in [5, 5.41) is 28.8. The zero-order valence-electron chi connectivity index (χ0n) is 30.6. The number of benzene rings is 1. The first-order valence-corrected chi connectivity index (χ1v) is 15.9. The van der Waals surface area contributed by atoms with Gasteiger partial charge in [0.05, 0.1) is 63.8 Å². The van der Waals surface area contributed by atoms with Crippen molar-refractivity contribution in [3.8, 4) is 0 Å². The van der Waals surface area contributed by atoms with Gasteiger partial charge in [-0.1, -0.05) is 12.1 Å². The van der Waals surface area contributed by atoms with Gasteiger partial charge in [-0.3, -0.25) is 15.0 Å². The normalized spacial score (nSPS) is 9.04. The van der Waals surface area contributed by atoms with Crippen molar-refractivity contribution in [1.29, 1.82) is 0 Å². The molecule has 0 atom stereocenters. The molecule has 0 aliphatic rings. The summed E-state index contributed by atoms with van der Waals surface area (Å²) in [4.78, 5) is 35.1. The van der Waals surface area contributed by atoms with E-state index in [1.54, 1.807) is 55.8 Å². The fourth-order valence-electron chi connectivity index (χ4n) is 3.08. The lowest BCUT2D eigenvalue weighted by Crippen LogP contribution is -1.85. The van der Waals surface area contributed by atoms with Crippen LogP contribution in [0.1, 0.15) is 39.9 Å². The summed E-state index contributed by atoms with van der Waals surface area (Å²) in [7, 11) is 0. The van der Waals surface area contributed by atoms with Gasteiger partial charge < -0.3 is 0 Å². The SMILES string of the molecule is Cc1cccnn1.Cc1ccncn1.Cc1cnc2ccccc2n1.Cc1cnccn1.Cc1cncnn1.Cc1cncnn1.Cc1cnncn1. The van der Waals surface area contributed by atoms with Crippen molar-refractivity contribution in [2.75, 3.05) is 0 Å². The molecular weight excluding hydrogens is 671 g/mol. The van der Waals surface area contributed by atoms with E-state index in [0.29, 0.717) is 0 Å². The second kappa shape index (κ2) is 26.7. The third kappa shape index (κ3) is 22.2. The van der Waals surface area contributed by atoms with Crippen LogP contribution in [0.25, 0.3) is 11.0 Å². The molecule has 8 aromatic rings. The average Bonchev–Trinajstić information content (AvgIpc) is 3.18. The number of nitrogens with zero attached hydrogens (tertiary/aromatic N) is 17. The van der Waals surface area contributed by atoms with Crippen LogP contribution in [0, 0.1) is 48.5 Å². The lowest BCUT2D eigenvalue weighted by atomic mass is 10.3. The lowest BCUT2D eigenvalue weighted by Gasteiger charge is -1.95. The molecule has 0 spiro atoms. The van der Waals surface area contributed by atoms with Gasteiger partial charge >= 0.3 is 0 Å². The van der Waals surface area contributed by atoms with Crippen LogP contribution in [0.2, 0.25) is 0 Å². The third-order valence-electron chi connectivity index (χ3n) is 5.51. The minimum atomic E-state index is 0.850. The van der Waals surface area contributed by atoms with E-state index < -0.39 is 0 Å². The molecule has 0 fully saturated rings. The van der Waals surface area contributed by atoms with Crippen LogP contribution in [0.3, 0.4) is 0 Å². The van der Waals surface area contributed by atoms with Gasteiger partial charge in [0.2, 0.25) is 0 Å². The molecule has 0 amide bonds. The molecule has 0 aliphatic heterocycles. The van der Waals surface area contributed by atoms with Gasteiger partial charge in [-0.2, -0.15) is 25.5 Å². The highest BCUT2D eigenvalue weighted by atomic mass is 15.1. The van der Waals surface area contributed by atoms with Crippen molar-refractivity contribution >= 4 is 11.0 Å². The van der Waals surface area contributed by atoms with E-state index in [1.807, 2.05) is 90.9 Å². The number of rotatable bonds is 0. The Bertz CT molecular complexity index is 1740. The van der Waals surface area contributed by atoms with Gasteiger partial charge in [0.25, 0.3) is 0 Å². The van der Waals surface area contributed by atoms with Crippen molar-refractivity contribution in [2.24, 2.45) is 0 Å². The topological polar surface area (TPSA) is 219 Å². The van der Waals surface area contributed by atoms with Crippen LogP contribution < -0.4 is 0 Å². The van der Waals surface area contributed by atoms with E-state index in [-0.39, 0.29) is 0 Å². The summed E-state index contributed by atoms with van der Waals surface area (Å²) >= 11 is 0. The number of aromatic nitrogens is 17. The monoisotopic (exact) mass is 711 g/mol. The summed E-state index contributed by atoms with van der Waals surface area (Å²) < 4.78 is 0. The summed E-state index contributed by atoms with van der Waals surface area (Å²) in [5.74, 6) is 0. The van der Waals surface area contributed by atoms with Gasteiger partial charge in [-0.25, -0.2) is 29.9 Å². The molecule has 0 saturated heterocycles. The van der Waals surface area contributed by atoms with Crippen LogP contribution in [0.5, 0.6) is 0 Å². The molecule has 53 heavy (non-hydrogen) atoms. The van der Waals surface area contributed by atoms with Crippen molar-refractivity contribution < 1.29 is 0 Å². The highest BCUT2D eigenvalue weighted by molar-refractivity contribution is 5.73. The minimum Gasteiger partial charge on any atom is -0.261 e. The predicted molar refractivity (Wildman–Crippen MR) is 198 cm³/mol. The van der Waals surface area contributed by atoms with E-state index in [4.69, 9.17) is 0 Å². The molecule has 7 heterocycles. The molecule has 0 aliphatic carbocycles. The van der Waals surface area contributed by atoms with E-state index >= 15 is 0 Å². The van der Waals surface area contributed by atoms with Gasteiger partial charge in [0.1, 0.15) is 25.3 Å². The Labute approximate surface area is 308 Å². The molecule has 0 saturated carbocycles. The fraction of sp³-hybridized carbons (Fsp3) is 0.194. The van der Waals surface area contributed by atoms with E-state index in [1.165, 1.54) is 25.3 Å². The first kappa shape index (κ1) is 42.0. The van der Waals surface area contributed by atoms with Gasteiger partial charge in [-0.15, -0.1) is 15.3 Å². The second-order valence-electron chi connectivity index (χ2n) is 10.3. The Morgan fingerprint density at radius 2 is 0.962 bits per heavy atom. The van der Waals surface area contributed by atoms with Crippen LogP contribution in [-0.4, -0.2) is 85.6 Å². The predicted octanol–water partition coefficient (Wildman–Crippen LogP) is 4.83.